The Bertz CT molecular complexity index is 1200. The zero-order chi connectivity index (χ0) is 21.0. The number of methoxy groups -OCH3 is 3. The Morgan fingerprint density at radius 3 is 2.33 bits per heavy atom. The summed E-state index contributed by atoms with van der Waals surface area (Å²) in [5.41, 5.74) is 1.77. The molecular weight excluding hydrogens is 392 g/mol. The molecule has 0 bridgehead atoms. The maximum Gasteiger partial charge on any atom is 0.342 e. The monoisotopic (exact) mass is 410 g/mol. The van der Waals surface area contributed by atoms with E-state index in [-0.39, 0.29) is 23.7 Å². The number of aromatic hydroxyl groups is 1. The Morgan fingerprint density at radius 1 is 0.933 bits per heavy atom. The maximum absolute atomic E-state index is 12.8. The molecule has 0 amide bonds. The Kier molecular flexibility index (Phi) is 4.11. The summed E-state index contributed by atoms with van der Waals surface area (Å²) < 4.78 is 32.4. The summed E-state index contributed by atoms with van der Waals surface area (Å²) in [5.74, 6) is 1.39. The van der Waals surface area contributed by atoms with E-state index >= 15 is 0 Å². The largest absolute Gasteiger partial charge is 0.507 e. The summed E-state index contributed by atoms with van der Waals surface area (Å²) in [6.45, 7) is 0.131. The summed E-state index contributed by atoms with van der Waals surface area (Å²) in [7, 11) is 4.44. The normalized spacial score (nSPS) is 16.5. The van der Waals surface area contributed by atoms with Gasteiger partial charge in [-0.1, -0.05) is 6.07 Å². The summed E-state index contributed by atoms with van der Waals surface area (Å²) in [6.07, 6.45) is -1.02. The van der Waals surface area contributed by atoms with Crippen LogP contribution in [0.1, 0.15) is 22.2 Å². The molecule has 30 heavy (non-hydrogen) atoms. The van der Waals surface area contributed by atoms with Crippen LogP contribution in [0.4, 0.5) is 0 Å². The smallest absolute Gasteiger partial charge is 0.342 e. The lowest BCUT2D eigenvalue weighted by atomic mass is 9.89. The topological polar surface area (TPSA) is 92.7 Å². The molecule has 0 radical (unpaired) electrons. The van der Waals surface area contributed by atoms with Crippen LogP contribution in [0.25, 0.3) is 21.9 Å². The van der Waals surface area contributed by atoms with E-state index in [4.69, 9.17) is 28.4 Å². The van der Waals surface area contributed by atoms with Gasteiger partial charge in [-0.2, -0.15) is 0 Å². The van der Waals surface area contributed by atoms with Gasteiger partial charge in [0.05, 0.1) is 25.3 Å². The van der Waals surface area contributed by atoms with E-state index in [0.29, 0.717) is 44.9 Å². The predicted octanol–water partition coefficient (Wildman–Crippen LogP) is 3.77. The van der Waals surface area contributed by atoms with Gasteiger partial charge in [-0.3, -0.25) is 0 Å². The number of carbonyl (C=O) groups excluding carboxylic acids is 1. The van der Waals surface area contributed by atoms with Gasteiger partial charge in [-0.25, -0.2) is 4.79 Å². The lowest BCUT2D eigenvalue weighted by Crippen LogP contribution is -2.00. The molecule has 0 unspecified atom stereocenters. The molecule has 1 N–H and O–H groups in total. The fourth-order valence-electron chi connectivity index (χ4n) is 3.99. The van der Waals surface area contributed by atoms with Crippen molar-refractivity contribution in [3.8, 4) is 39.9 Å². The third-order valence-electron chi connectivity index (χ3n) is 5.35. The fraction of sp³-hybridized carbons (Fsp3) is 0.227. The Hall–Kier alpha value is -3.65. The molecule has 2 heterocycles. The Morgan fingerprint density at radius 2 is 1.63 bits per heavy atom. The lowest BCUT2D eigenvalue weighted by molar-refractivity contribution is -0.0822. The van der Waals surface area contributed by atoms with E-state index in [0.717, 1.165) is 0 Å². The highest BCUT2D eigenvalue weighted by molar-refractivity contribution is 6.14. The van der Waals surface area contributed by atoms with Crippen molar-refractivity contribution in [1.29, 1.82) is 0 Å². The van der Waals surface area contributed by atoms with Crippen LogP contribution < -0.4 is 18.9 Å². The van der Waals surface area contributed by atoms with E-state index in [2.05, 4.69) is 0 Å². The van der Waals surface area contributed by atoms with E-state index in [1.807, 2.05) is 6.07 Å². The van der Waals surface area contributed by atoms with Gasteiger partial charge < -0.3 is 33.5 Å². The van der Waals surface area contributed by atoms with Crippen LogP contribution in [0.15, 0.2) is 30.3 Å². The quantitative estimate of drug-likeness (QED) is 0.650. The molecule has 5 rings (SSSR count). The van der Waals surface area contributed by atoms with E-state index in [9.17, 15) is 9.90 Å². The molecule has 0 spiro atoms. The number of esters is 1. The fourth-order valence-corrected chi connectivity index (χ4v) is 3.99. The number of rotatable bonds is 4. The van der Waals surface area contributed by atoms with E-state index < -0.39 is 12.3 Å². The molecule has 154 valence electrons. The minimum atomic E-state index is -1.02. The molecule has 2 aliphatic heterocycles. The van der Waals surface area contributed by atoms with Crippen molar-refractivity contribution in [2.75, 3.05) is 28.1 Å². The number of hydrogen-bond acceptors (Lipinski definition) is 8. The zero-order valence-electron chi connectivity index (χ0n) is 16.5. The average molecular weight is 410 g/mol. The second-order valence-electron chi connectivity index (χ2n) is 6.81. The van der Waals surface area contributed by atoms with Crippen molar-refractivity contribution in [2.45, 2.75) is 6.29 Å². The molecule has 3 aromatic rings. The summed E-state index contributed by atoms with van der Waals surface area (Å²) in [6, 6.07) is 8.77. The van der Waals surface area contributed by atoms with E-state index in [1.165, 1.54) is 21.3 Å². The Balaban J connectivity index is 1.91. The van der Waals surface area contributed by atoms with Gasteiger partial charge in [0.2, 0.25) is 13.1 Å². The van der Waals surface area contributed by atoms with Crippen molar-refractivity contribution in [3.63, 3.8) is 0 Å². The van der Waals surface area contributed by atoms with Crippen LogP contribution >= 0.6 is 0 Å². The number of hydrogen-bond donors (Lipinski definition) is 1. The first-order valence-electron chi connectivity index (χ1n) is 9.15. The van der Waals surface area contributed by atoms with Crippen LogP contribution in [0.3, 0.4) is 0 Å². The molecule has 3 aromatic carbocycles. The molecule has 0 saturated heterocycles. The molecule has 1 atom stereocenters. The highest BCUT2D eigenvalue weighted by Gasteiger charge is 2.39. The number of benzene rings is 3. The van der Waals surface area contributed by atoms with Crippen LogP contribution in [0.2, 0.25) is 0 Å². The predicted molar refractivity (Wildman–Crippen MR) is 105 cm³/mol. The van der Waals surface area contributed by atoms with Gasteiger partial charge in [0.25, 0.3) is 0 Å². The Labute approximate surface area is 171 Å². The molecular formula is C22H18O8. The first-order chi connectivity index (χ1) is 14.6. The zero-order valence-corrected chi connectivity index (χ0v) is 16.5. The maximum atomic E-state index is 12.8. The second-order valence-corrected chi connectivity index (χ2v) is 6.81. The van der Waals surface area contributed by atoms with Gasteiger partial charge in [0.1, 0.15) is 5.75 Å². The van der Waals surface area contributed by atoms with Gasteiger partial charge in [0.15, 0.2) is 23.0 Å². The SMILES string of the molecule is COc1cc2c(O)c3c(c(-c4ccc5c(c4)OCO5)c2cc1OC)C(=O)O[C@@H]3OC. The summed E-state index contributed by atoms with van der Waals surface area (Å²) in [5, 5.41) is 12.1. The first kappa shape index (κ1) is 18.4. The van der Waals surface area contributed by atoms with Crippen molar-refractivity contribution in [2.24, 2.45) is 0 Å². The van der Waals surface area contributed by atoms with Crippen LogP contribution in [-0.4, -0.2) is 39.2 Å². The second kappa shape index (κ2) is 6.70. The molecule has 8 heteroatoms. The van der Waals surface area contributed by atoms with Crippen molar-refractivity contribution < 1.29 is 38.3 Å². The number of ether oxygens (including phenoxy) is 6. The highest BCUT2D eigenvalue weighted by Crippen LogP contribution is 2.51. The number of fused-ring (bicyclic) bond motifs is 3. The van der Waals surface area contributed by atoms with Crippen LogP contribution in [-0.2, 0) is 9.47 Å². The number of phenolic OH excluding ortho intramolecular Hbond substituents is 1. The van der Waals surface area contributed by atoms with Crippen molar-refractivity contribution in [1.82, 2.24) is 0 Å². The van der Waals surface area contributed by atoms with E-state index in [1.54, 1.807) is 24.3 Å². The average Bonchev–Trinajstić information content (AvgIpc) is 3.37. The molecule has 0 fully saturated rings. The number of carbonyl (C=O) groups is 1. The summed E-state index contributed by atoms with van der Waals surface area (Å²) in [4.78, 5) is 12.8. The third-order valence-corrected chi connectivity index (χ3v) is 5.35. The molecule has 2 aliphatic rings. The van der Waals surface area contributed by atoms with Crippen molar-refractivity contribution >= 4 is 16.7 Å². The standard InChI is InChI=1S/C22H18O8/c1-25-14-7-11-12(8-15(14)26-2)20(23)19-18(21(24)30-22(19)27-3)17(11)10-4-5-13-16(6-10)29-9-28-13/h4-8,22-23H,9H2,1-3H3/t22-/m0/s1. The van der Waals surface area contributed by atoms with Crippen LogP contribution in [0.5, 0.6) is 28.7 Å². The van der Waals surface area contributed by atoms with Crippen molar-refractivity contribution in [3.05, 3.63) is 41.5 Å². The molecule has 8 nitrogen and oxygen atoms in total. The molecule has 0 aliphatic carbocycles. The highest BCUT2D eigenvalue weighted by atomic mass is 16.7. The third kappa shape index (κ3) is 2.47. The molecule has 0 aromatic heterocycles. The first-order valence-corrected chi connectivity index (χ1v) is 9.15. The van der Waals surface area contributed by atoms with Gasteiger partial charge >= 0.3 is 5.97 Å². The lowest BCUT2D eigenvalue weighted by Gasteiger charge is -2.17. The minimum Gasteiger partial charge on any atom is -0.507 e. The van der Waals surface area contributed by atoms with Gasteiger partial charge in [-0.05, 0) is 35.2 Å². The van der Waals surface area contributed by atoms with Gasteiger partial charge in [-0.15, -0.1) is 0 Å². The molecule has 0 saturated carbocycles. The van der Waals surface area contributed by atoms with Gasteiger partial charge in [0, 0.05) is 18.1 Å². The number of cyclic esters (lactones) is 1. The van der Waals surface area contributed by atoms with Crippen LogP contribution in [0, 0.1) is 0 Å². The number of phenols is 1. The summed E-state index contributed by atoms with van der Waals surface area (Å²) >= 11 is 0. The minimum absolute atomic E-state index is 0.108.